The number of aliphatic hydroxyl groups excluding tert-OH is 1. The van der Waals surface area contributed by atoms with Crippen LogP contribution in [0.25, 0.3) is 0 Å². The Bertz CT molecular complexity index is 128. The SMILES string of the molecule is C#CCCCC(O)CNCCC. The Morgan fingerprint density at radius 2 is 2.33 bits per heavy atom. The van der Waals surface area contributed by atoms with Crippen LogP contribution in [0.5, 0.6) is 0 Å². The largest absolute Gasteiger partial charge is 0.392 e. The second-order valence-corrected chi connectivity index (χ2v) is 2.95. The number of aliphatic hydroxyl groups is 1. The molecule has 0 radical (unpaired) electrons. The van der Waals surface area contributed by atoms with E-state index < -0.39 is 0 Å². The molecule has 0 saturated carbocycles. The smallest absolute Gasteiger partial charge is 0.0664 e. The van der Waals surface area contributed by atoms with Crippen LogP contribution in [-0.2, 0) is 0 Å². The molecular weight excluding hydrogens is 150 g/mol. The fourth-order valence-electron chi connectivity index (χ4n) is 0.987. The van der Waals surface area contributed by atoms with Crippen molar-refractivity contribution >= 4 is 0 Å². The standard InChI is InChI=1S/C10H19NO/c1-3-5-6-7-10(12)9-11-8-4-2/h1,10-12H,4-9H2,2H3. The van der Waals surface area contributed by atoms with Gasteiger partial charge in [0.2, 0.25) is 0 Å². The Kier molecular flexibility index (Phi) is 8.20. The summed E-state index contributed by atoms with van der Waals surface area (Å²) < 4.78 is 0. The van der Waals surface area contributed by atoms with E-state index in [1.165, 1.54) is 0 Å². The first kappa shape index (κ1) is 11.5. The number of hydrogen-bond acceptors (Lipinski definition) is 2. The molecule has 1 atom stereocenters. The molecule has 2 nitrogen and oxygen atoms in total. The van der Waals surface area contributed by atoms with E-state index in [4.69, 9.17) is 6.42 Å². The van der Waals surface area contributed by atoms with Crippen molar-refractivity contribution in [1.82, 2.24) is 5.32 Å². The third-order valence-electron chi connectivity index (χ3n) is 1.67. The lowest BCUT2D eigenvalue weighted by atomic mass is 10.1. The maximum atomic E-state index is 9.37. The minimum Gasteiger partial charge on any atom is -0.392 e. The summed E-state index contributed by atoms with van der Waals surface area (Å²) in [5.74, 6) is 2.56. The summed E-state index contributed by atoms with van der Waals surface area (Å²) in [5, 5.41) is 12.5. The summed E-state index contributed by atoms with van der Waals surface area (Å²) in [6.07, 6.45) is 8.46. The molecule has 1 unspecified atom stereocenters. The molecule has 0 heterocycles. The molecule has 0 rings (SSSR count). The summed E-state index contributed by atoms with van der Waals surface area (Å²) in [6, 6.07) is 0. The van der Waals surface area contributed by atoms with E-state index in [1.54, 1.807) is 0 Å². The third kappa shape index (κ3) is 7.59. The monoisotopic (exact) mass is 169 g/mol. The van der Waals surface area contributed by atoms with Crippen LogP contribution in [-0.4, -0.2) is 24.3 Å². The van der Waals surface area contributed by atoms with Crippen LogP contribution in [0, 0.1) is 12.3 Å². The summed E-state index contributed by atoms with van der Waals surface area (Å²) in [6.45, 7) is 3.78. The van der Waals surface area contributed by atoms with Crippen molar-refractivity contribution in [2.45, 2.75) is 38.7 Å². The van der Waals surface area contributed by atoms with Crippen molar-refractivity contribution < 1.29 is 5.11 Å². The zero-order valence-electron chi connectivity index (χ0n) is 7.84. The van der Waals surface area contributed by atoms with Gasteiger partial charge >= 0.3 is 0 Å². The van der Waals surface area contributed by atoms with Gasteiger partial charge in [-0.15, -0.1) is 12.3 Å². The maximum Gasteiger partial charge on any atom is 0.0664 e. The van der Waals surface area contributed by atoms with Crippen molar-refractivity contribution in [2.24, 2.45) is 0 Å². The van der Waals surface area contributed by atoms with Gasteiger partial charge in [-0.3, -0.25) is 0 Å². The zero-order valence-corrected chi connectivity index (χ0v) is 7.84. The molecule has 70 valence electrons. The molecule has 0 fully saturated rings. The first-order chi connectivity index (χ1) is 5.81. The molecule has 0 aromatic rings. The van der Waals surface area contributed by atoms with E-state index in [1.807, 2.05) is 0 Å². The molecular formula is C10H19NO. The fourth-order valence-corrected chi connectivity index (χ4v) is 0.987. The molecule has 0 aromatic heterocycles. The van der Waals surface area contributed by atoms with Crippen LogP contribution >= 0.6 is 0 Å². The molecule has 12 heavy (non-hydrogen) atoms. The van der Waals surface area contributed by atoms with Crippen LogP contribution in [0.15, 0.2) is 0 Å². The van der Waals surface area contributed by atoms with Crippen LogP contribution in [0.3, 0.4) is 0 Å². The fraction of sp³-hybridized carbons (Fsp3) is 0.800. The van der Waals surface area contributed by atoms with Gasteiger partial charge in [0.1, 0.15) is 0 Å². The maximum absolute atomic E-state index is 9.37. The van der Waals surface area contributed by atoms with Crippen molar-refractivity contribution in [2.75, 3.05) is 13.1 Å². The lowest BCUT2D eigenvalue weighted by Crippen LogP contribution is -2.27. The third-order valence-corrected chi connectivity index (χ3v) is 1.67. The molecule has 0 aromatic carbocycles. The Morgan fingerprint density at radius 3 is 2.92 bits per heavy atom. The van der Waals surface area contributed by atoms with Gasteiger partial charge in [0.15, 0.2) is 0 Å². The number of terminal acetylenes is 1. The van der Waals surface area contributed by atoms with E-state index in [2.05, 4.69) is 18.2 Å². The first-order valence-corrected chi connectivity index (χ1v) is 4.63. The van der Waals surface area contributed by atoms with Gasteiger partial charge in [0, 0.05) is 13.0 Å². The molecule has 2 N–H and O–H groups in total. The lowest BCUT2D eigenvalue weighted by Gasteiger charge is -2.09. The second-order valence-electron chi connectivity index (χ2n) is 2.95. The molecule has 2 heteroatoms. The van der Waals surface area contributed by atoms with Crippen LogP contribution in [0.4, 0.5) is 0 Å². The van der Waals surface area contributed by atoms with Crippen LogP contribution < -0.4 is 5.32 Å². The molecule has 0 bridgehead atoms. The van der Waals surface area contributed by atoms with Gasteiger partial charge < -0.3 is 10.4 Å². The van der Waals surface area contributed by atoms with E-state index in [0.717, 1.165) is 32.2 Å². The Labute approximate surface area is 75.4 Å². The Hall–Kier alpha value is -0.520. The summed E-state index contributed by atoms with van der Waals surface area (Å²) in [4.78, 5) is 0. The van der Waals surface area contributed by atoms with Crippen molar-refractivity contribution in [3.63, 3.8) is 0 Å². The normalized spacial score (nSPS) is 12.4. The number of rotatable bonds is 7. The highest BCUT2D eigenvalue weighted by Crippen LogP contribution is 1.98. The van der Waals surface area contributed by atoms with Crippen molar-refractivity contribution in [1.29, 1.82) is 0 Å². The number of unbranched alkanes of at least 4 members (excludes halogenated alkanes) is 1. The first-order valence-electron chi connectivity index (χ1n) is 4.63. The van der Waals surface area contributed by atoms with Crippen molar-refractivity contribution in [3.8, 4) is 12.3 Å². The highest BCUT2D eigenvalue weighted by molar-refractivity contribution is 4.83. The van der Waals surface area contributed by atoms with Gasteiger partial charge in [-0.25, -0.2) is 0 Å². The van der Waals surface area contributed by atoms with Crippen LogP contribution in [0.2, 0.25) is 0 Å². The van der Waals surface area contributed by atoms with Gasteiger partial charge in [0.25, 0.3) is 0 Å². The Morgan fingerprint density at radius 1 is 1.58 bits per heavy atom. The summed E-state index contributed by atoms with van der Waals surface area (Å²) in [7, 11) is 0. The quantitative estimate of drug-likeness (QED) is 0.442. The minimum absolute atomic E-state index is 0.232. The highest BCUT2D eigenvalue weighted by atomic mass is 16.3. The predicted octanol–water partition coefficient (Wildman–Crippen LogP) is 1.15. The van der Waals surface area contributed by atoms with Gasteiger partial charge in [-0.2, -0.15) is 0 Å². The molecule has 0 spiro atoms. The average molecular weight is 169 g/mol. The molecule has 0 aliphatic heterocycles. The van der Waals surface area contributed by atoms with Crippen molar-refractivity contribution in [3.05, 3.63) is 0 Å². The topological polar surface area (TPSA) is 32.3 Å². The predicted molar refractivity (Wildman–Crippen MR) is 51.9 cm³/mol. The molecule has 0 saturated heterocycles. The summed E-state index contributed by atoms with van der Waals surface area (Å²) >= 11 is 0. The lowest BCUT2D eigenvalue weighted by molar-refractivity contribution is 0.160. The van der Waals surface area contributed by atoms with Gasteiger partial charge in [-0.1, -0.05) is 6.92 Å². The minimum atomic E-state index is -0.232. The molecule has 0 aliphatic rings. The van der Waals surface area contributed by atoms with E-state index in [0.29, 0.717) is 6.54 Å². The number of hydrogen-bond donors (Lipinski definition) is 2. The highest BCUT2D eigenvalue weighted by Gasteiger charge is 2.01. The Balaban J connectivity index is 3.11. The number of nitrogens with one attached hydrogen (secondary N) is 1. The second kappa shape index (κ2) is 8.58. The van der Waals surface area contributed by atoms with E-state index in [9.17, 15) is 5.11 Å². The summed E-state index contributed by atoms with van der Waals surface area (Å²) in [5.41, 5.74) is 0. The van der Waals surface area contributed by atoms with Crippen LogP contribution in [0.1, 0.15) is 32.6 Å². The zero-order chi connectivity index (χ0) is 9.23. The average Bonchev–Trinajstić information content (AvgIpc) is 2.06. The van der Waals surface area contributed by atoms with Gasteiger partial charge in [0.05, 0.1) is 6.10 Å². The van der Waals surface area contributed by atoms with E-state index in [-0.39, 0.29) is 6.10 Å². The molecule has 0 aliphatic carbocycles. The van der Waals surface area contributed by atoms with Gasteiger partial charge in [-0.05, 0) is 25.8 Å². The van der Waals surface area contributed by atoms with E-state index >= 15 is 0 Å². The molecule has 0 amide bonds.